The molecule has 3 aromatic rings. The first-order valence-electron chi connectivity index (χ1n) is 9.19. The second-order valence-electron chi connectivity index (χ2n) is 7.18. The minimum Gasteiger partial charge on any atom is -0.356 e. The predicted octanol–water partition coefficient (Wildman–Crippen LogP) is 4.77. The summed E-state index contributed by atoms with van der Waals surface area (Å²) in [4.78, 5) is 25.0. The highest BCUT2D eigenvalue weighted by atomic mass is 32.1. The minimum atomic E-state index is -0.810. The molecular formula is C20H20F2N4OS. The van der Waals surface area contributed by atoms with Crippen LogP contribution in [-0.4, -0.2) is 29.0 Å². The van der Waals surface area contributed by atoms with Crippen molar-refractivity contribution < 1.29 is 13.6 Å². The first-order chi connectivity index (χ1) is 13.4. The maximum absolute atomic E-state index is 13.9. The van der Waals surface area contributed by atoms with Crippen LogP contribution in [0.4, 0.5) is 20.3 Å². The zero-order valence-electron chi connectivity index (χ0n) is 15.6. The van der Waals surface area contributed by atoms with E-state index >= 15 is 0 Å². The number of aromatic nitrogens is 2. The molecule has 0 radical (unpaired) electrons. The van der Waals surface area contributed by atoms with Gasteiger partial charge in [-0.1, -0.05) is 6.92 Å². The largest absolute Gasteiger partial charge is 0.356 e. The number of thiophene rings is 1. The van der Waals surface area contributed by atoms with Crippen LogP contribution in [0.15, 0.2) is 24.5 Å². The van der Waals surface area contributed by atoms with Crippen LogP contribution in [0.25, 0.3) is 10.2 Å². The van der Waals surface area contributed by atoms with Gasteiger partial charge in [0.15, 0.2) is 0 Å². The Bertz CT molecular complexity index is 1040. The van der Waals surface area contributed by atoms with Crippen molar-refractivity contribution in [2.75, 3.05) is 23.3 Å². The van der Waals surface area contributed by atoms with E-state index in [1.165, 1.54) is 23.7 Å². The van der Waals surface area contributed by atoms with Gasteiger partial charge >= 0.3 is 0 Å². The lowest BCUT2D eigenvalue weighted by atomic mass is 9.99. The molecule has 1 aromatic carbocycles. The molecule has 1 saturated heterocycles. The van der Waals surface area contributed by atoms with Gasteiger partial charge < -0.3 is 10.2 Å². The fourth-order valence-electron chi connectivity index (χ4n) is 3.50. The van der Waals surface area contributed by atoms with E-state index < -0.39 is 17.5 Å². The maximum Gasteiger partial charge on any atom is 0.266 e. The molecular weight excluding hydrogens is 382 g/mol. The fraction of sp³-hybridized carbons (Fsp3) is 0.350. The summed E-state index contributed by atoms with van der Waals surface area (Å²) in [5, 5.41) is 3.40. The summed E-state index contributed by atoms with van der Waals surface area (Å²) >= 11 is 1.25. The Morgan fingerprint density at radius 2 is 2.00 bits per heavy atom. The van der Waals surface area contributed by atoms with Crippen LogP contribution in [0.2, 0.25) is 0 Å². The highest BCUT2D eigenvalue weighted by Gasteiger charge is 2.24. The quantitative estimate of drug-likeness (QED) is 0.686. The summed E-state index contributed by atoms with van der Waals surface area (Å²) in [6, 6.07) is 3.07. The number of carbonyl (C=O) groups is 1. The van der Waals surface area contributed by atoms with E-state index in [2.05, 4.69) is 27.1 Å². The molecule has 1 amide bonds. The molecule has 146 valence electrons. The number of benzene rings is 1. The Labute approximate surface area is 165 Å². The number of fused-ring (bicyclic) bond motifs is 1. The summed E-state index contributed by atoms with van der Waals surface area (Å²) in [6.07, 6.45) is 3.73. The molecule has 0 atom stereocenters. The topological polar surface area (TPSA) is 58.1 Å². The van der Waals surface area contributed by atoms with E-state index in [1.807, 2.05) is 6.92 Å². The van der Waals surface area contributed by atoms with Gasteiger partial charge in [0, 0.05) is 19.2 Å². The van der Waals surface area contributed by atoms with E-state index in [1.54, 1.807) is 0 Å². The van der Waals surface area contributed by atoms with Gasteiger partial charge in [-0.3, -0.25) is 4.79 Å². The molecule has 8 heteroatoms. The van der Waals surface area contributed by atoms with Crippen molar-refractivity contribution in [1.82, 2.24) is 9.97 Å². The van der Waals surface area contributed by atoms with Crippen LogP contribution < -0.4 is 10.2 Å². The van der Waals surface area contributed by atoms with Crippen molar-refractivity contribution >= 4 is 39.0 Å². The van der Waals surface area contributed by atoms with Crippen LogP contribution in [0.5, 0.6) is 0 Å². The molecule has 2 aromatic heterocycles. The number of nitrogens with zero attached hydrogens (tertiary/aromatic N) is 3. The number of halogens is 2. The molecule has 0 spiro atoms. The number of carbonyl (C=O) groups excluding carboxylic acids is 1. The molecule has 0 bridgehead atoms. The highest BCUT2D eigenvalue weighted by molar-refractivity contribution is 7.20. The SMILES string of the molecule is Cc1c(C(=O)Nc2ccc(F)cc2F)sc2ncnc(N3CCC(C)CC3)c12. The van der Waals surface area contributed by atoms with Gasteiger partial charge in [-0.25, -0.2) is 18.7 Å². The average molecular weight is 402 g/mol. The number of anilines is 2. The van der Waals surface area contributed by atoms with Gasteiger partial charge in [0.2, 0.25) is 0 Å². The molecule has 28 heavy (non-hydrogen) atoms. The summed E-state index contributed by atoms with van der Waals surface area (Å²) < 4.78 is 27.0. The van der Waals surface area contributed by atoms with E-state index in [-0.39, 0.29) is 5.69 Å². The molecule has 1 aliphatic rings. The van der Waals surface area contributed by atoms with Crippen molar-refractivity contribution in [3.05, 3.63) is 46.6 Å². The van der Waals surface area contributed by atoms with Crippen LogP contribution in [-0.2, 0) is 0 Å². The van der Waals surface area contributed by atoms with Crippen LogP contribution in [0.1, 0.15) is 35.0 Å². The zero-order chi connectivity index (χ0) is 19.8. The van der Waals surface area contributed by atoms with E-state index in [0.717, 1.165) is 59.7 Å². The molecule has 0 saturated carbocycles. The number of aryl methyl sites for hydroxylation is 1. The summed E-state index contributed by atoms with van der Waals surface area (Å²) in [5.41, 5.74) is 0.717. The van der Waals surface area contributed by atoms with Gasteiger partial charge in [-0.05, 0) is 43.4 Å². The highest BCUT2D eigenvalue weighted by Crippen LogP contribution is 2.36. The number of rotatable bonds is 3. The summed E-state index contributed by atoms with van der Waals surface area (Å²) in [6.45, 7) is 5.95. The van der Waals surface area contributed by atoms with Crippen molar-refractivity contribution in [3.63, 3.8) is 0 Å². The number of hydrogen-bond donors (Lipinski definition) is 1. The summed E-state index contributed by atoms with van der Waals surface area (Å²) in [7, 11) is 0. The number of nitrogens with one attached hydrogen (secondary N) is 1. The van der Waals surface area contributed by atoms with Crippen LogP contribution >= 0.6 is 11.3 Å². The van der Waals surface area contributed by atoms with Crippen molar-refractivity contribution in [1.29, 1.82) is 0 Å². The Balaban J connectivity index is 1.68. The second kappa shape index (κ2) is 7.43. The van der Waals surface area contributed by atoms with Gasteiger partial charge in [-0.15, -0.1) is 11.3 Å². The molecule has 1 aliphatic heterocycles. The molecule has 0 aliphatic carbocycles. The van der Waals surface area contributed by atoms with Gasteiger partial charge in [0.25, 0.3) is 5.91 Å². The normalized spacial score (nSPS) is 15.2. The lowest BCUT2D eigenvalue weighted by Gasteiger charge is -2.31. The minimum absolute atomic E-state index is 0.0559. The Morgan fingerprint density at radius 3 is 2.71 bits per heavy atom. The molecule has 1 fully saturated rings. The first-order valence-corrected chi connectivity index (χ1v) is 10.0. The van der Waals surface area contributed by atoms with Crippen molar-refractivity contribution in [2.45, 2.75) is 26.7 Å². The predicted molar refractivity (Wildman–Crippen MR) is 107 cm³/mol. The van der Waals surface area contributed by atoms with Crippen LogP contribution in [0, 0.1) is 24.5 Å². The Kier molecular flexibility index (Phi) is 4.97. The molecule has 4 rings (SSSR count). The van der Waals surface area contributed by atoms with Crippen molar-refractivity contribution in [3.8, 4) is 0 Å². The molecule has 3 heterocycles. The number of piperidine rings is 1. The second-order valence-corrected chi connectivity index (χ2v) is 8.18. The summed E-state index contributed by atoms with van der Waals surface area (Å²) in [5.74, 6) is -0.398. The molecule has 0 unspecified atom stereocenters. The van der Waals surface area contributed by atoms with Crippen molar-refractivity contribution in [2.24, 2.45) is 5.92 Å². The smallest absolute Gasteiger partial charge is 0.266 e. The molecule has 5 nitrogen and oxygen atoms in total. The standard InChI is InChI=1S/C20H20F2N4OS/c1-11-5-7-26(8-6-11)18-16-12(2)17(28-20(16)24-10-23-18)19(27)25-15-4-3-13(21)9-14(15)22/h3-4,9-11H,5-8H2,1-2H3,(H,25,27). The van der Waals surface area contributed by atoms with E-state index in [0.29, 0.717) is 10.8 Å². The van der Waals surface area contributed by atoms with E-state index in [4.69, 9.17) is 0 Å². The third-order valence-electron chi connectivity index (χ3n) is 5.18. The van der Waals surface area contributed by atoms with Gasteiger partial charge in [-0.2, -0.15) is 0 Å². The fourth-order valence-corrected chi connectivity index (χ4v) is 4.54. The first kappa shape index (κ1) is 18.7. The third-order valence-corrected chi connectivity index (χ3v) is 6.37. The zero-order valence-corrected chi connectivity index (χ0v) is 16.4. The van der Waals surface area contributed by atoms with Crippen LogP contribution in [0.3, 0.4) is 0 Å². The number of amides is 1. The number of hydrogen-bond acceptors (Lipinski definition) is 5. The molecule has 1 N–H and O–H groups in total. The van der Waals surface area contributed by atoms with Gasteiger partial charge in [0.05, 0.1) is 16.0 Å². The Morgan fingerprint density at radius 1 is 1.25 bits per heavy atom. The average Bonchev–Trinajstić information content (AvgIpc) is 3.02. The lowest BCUT2D eigenvalue weighted by molar-refractivity contribution is 0.102. The van der Waals surface area contributed by atoms with E-state index in [9.17, 15) is 13.6 Å². The monoisotopic (exact) mass is 402 g/mol. The Hall–Kier alpha value is -2.61. The van der Waals surface area contributed by atoms with Gasteiger partial charge in [0.1, 0.15) is 28.6 Å². The third kappa shape index (κ3) is 3.44. The lowest BCUT2D eigenvalue weighted by Crippen LogP contribution is -2.33. The maximum atomic E-state index is 13.9.